The molecule has 142 valence electrons. The Hall–Kier alpha value is 0.0400. The molecular weight excluding hydrogens is 350 g/mol. The predicted octanol–water partition coefficient (Wildman–Crippen LogP) is 5.74. The second kappa shape index (κ2) is 9.12. The minimum atomic E-state index is -3.72. The van der Waals surface area contributed by atoms with Crippen molar-refractivity contribution in [2.24, 2.45) is 0 Å². The van der Waals surface area contributed by atoms with E-state index in [0.717, 1.165) is 5.57 Å². The first kappa shape index (κ1) is 22.1. The summed E-state index contributed by atoms with van der Waals surface area (Å²) in [5, 5.41) is 0. The van der Waals surface area contributed by atoms with Gasteiger partial charge in [0.2, 0.25) is 0 Å². The Balaban J connectivity index is 3.57. The van der Waals surface area contributed by atoms with E-state index < -0.39 is 20.1 Å². The van der Waals surface area contributed by atoms with Gasteiger partial charge in [-0.05, 0) is 60.8 Å². The van der Waals surface area contributed by atoms with Crippen molar-refractivity contribution in [3.8, 4) is 0 Å². The molecule has 0 aromatic rings. The molecule has 0 aromatic heterocycles. The van der Waals surface area contributed by atoms with E-state index in [-0.39, 0.29) is 26.4 Å². The van der Waals surface area contributed by atoms with Crippen LogP contribution in [0.2, 0.25) is 0 Å². The first-order chi connectivity index (χ1) is 11.3. The molecule has 0 atom stereocenters. The van der Waals surface area contributed by atoms with Gasteiger partial charge in [0.25, 0.3) is 0 Å². The fraction of sp³-hybridized carbons (Fsp3) is 0.875. The minimum absolute atomic E-state index is 0.207. The van der Waals surface area contributed by atoms with Gasteiger partial charge in [-0.1, -0.05) is 11.1 Å². The average molecular weight is 382 g/mol. The summed E-state index contributed by atoms with van der Waals surface area (Å²) in [7, 11) is -7.44. The Morgan fingerprint density at radius 2 is 1.17 bits per heavy atom. The average Bonchev–Trinajstić information content (AvgIpc) is 2.50. The number of hydrogen-bond acceptors (Lipinski definition) is 6. The van der Waals surface area contributed by atoms with Crippen LogP contribution in [0.3, 0.4) is 0 Å². The third-order valence-corrected chi connectivity index (χ3v) is 11.1. The van der Waals surface area contributed by atoms with Crippen LogP contribution in [0.25, 0.3) is 0 Å². The molecule has 1 aliphatic rings. The Bertz CT molecular complexity index is 493. The summed E-state index contributed by atoms with van der Waals surface area (Å²) in [6.45, 7) is 11.8. The largest absolute Gasteiger partial charge is 0.349 e. The molecule has 0 aromatic carbocycles. The summed E-state index contributed by atoms with van der Waals surface area (Å²) in [5.41, 5.74) is 2.25. The van der Waals surface area contributed by atoms with E-state index in [1.54, 1.807) is 27.7 Å². The summed E-state index contributed by atoms with van der Waals surface area (Å²) in [6.07, 6.45) is 1.39. The van der Waals surface area contributed by atoms with Crippen LogP contribution in [0, 0.1) is 0 Å². The topological polar surface area (TPSA) is 71.1 Å². The molecule has 0 saturated carbocycles. The normalized spacial score (nSPS) is 18.9. The predicted molar refractivity (Wildman–Crippen MR) is 96.7 cm³/mol. The van der Waals surface area contributed by atoms with E-state index in [1.807, 2.05) is 13.8 Å². The summed E-state index contributed by atoms with van der Waals surface area (Å²) in [5.74, 6) is 0. The lowest BCUT2D eigenvalue weighted by Crippen LogP contribution is -2.36. The van der Waals surface area contributed by atoms with Crippen LogP contribution >= 0.6 is 15.2 Å². The maximum atomic E-state index is 13.7. The lowest BCUT2D eigenvalue weighted by atomic mass is 9.93. The molecule has 0 heterocycles. The highest BCUT2D eigenvalue weighted by molar-refractivity contribution is 7.74. The Morgan fingerprint density at radius 3 is 1.46 bits per heavy atom. The highest BCUT2D eigenvalue weighted by Crippen LogP contribution is 2.81. The fourth-order valence-electron chi connectivity index (χ4n) is 3.12. The van der Waals surface area contributed by atoms with E-state index in [2.05, 4.69) is 0 Å². The molecule has 24 heavy (non-hydrogen) atoms. The molecule has 0 saturated heterocycles. The van der Waals surface area contributed by atoms with E-state index in [1.165, 1.54) is 5.57 Å². The molecular formula is C16H32O6P2. The van der Waals surface area contributed by atoms with Crippen molar-refractivity contribution in [1.29, 1.82) is 0 Å². The molecule has 8 heteroatoms. The zero-order valence-electron chi connectivity index (χ0n) is 15.8. The third-order valence-electron chi connectivity index (χ3n) is 4.39. The van der Waals surface area contributed by atoms with Gasteiger partial charge in [-0.15, -0.1) is 0 Å². The highest BCUT2D eigenvalue weighted by Gasteiger charge is 2.65. The monoisotopic (exact) mass is 382 g/mol. The van der Waals surface area contributed by atoms with Crippen LogP contribution in [0.5, 0.6) is 0 Å². The van der Waals surface area contributed by atoms with Crippen molar-refractivity contribution in [2.45, 2.75) is 65.7 Å². The van der Waals surface area contributed by atoms with Crippen LogP contribution in [0.15, 0.2) is 11.1 Å². The van der Waals surface area contributed by atoms with Crippen molar-refractivity contribution in [1.82, 2.24) is 0 Å². The third kappa shape index (κ3) is 4.06. The second-order valence-electron chi connectivity index (χ2n) is 5.89. The minimum Gasteiger partial charge on any atom is -0.308 e. The lowest BCUT2D eigenvalue weighted by Gasteiger charge is -2.44. The first-order valence-corrected chi connectivity index (χ1v) is 11.8. The SMILES string of the molecule is CCOP(=O)(OCC)C1(P(=O)(OCC)OCC)CCC(C)=C(C)C1. The van der Waals surface area contributed by atoms with Crippen LogP contribution in [-0.4, -0.2) is 31.3 Å². The highest BCUT2D eigenvalue weighted by atomic mass is 31.2. The van der Waals surface area contributed by atoms with Crippen molar-refractivity contribution in [3.05, 3.63) is 11.1 Å². The number of hydrogen-bond donors (Lipinski definition) is 0. The summed E-state index contributed by atoms with van der Waals surface area (Å²) in [4.78, 5) is -1.29. The molecule has 1 rings (SSSR count). The van der Waals surface area contributed by atoms with Gasteiger partial charge in [0, 0.05) is 0 Å². The smallest absolute Gasteiger partial charge is 0.308 e. The summed E-state index contributed by atoms with van der Waals surface area (Å²) < 4.78 is 49.9. The molecule has 0 unspecified atom stereocenters. The number of allylic oxidation sites excluding steroid dienone is 2. The molecule has 0 N–H and O–H groups in total. The van der Waals surface area contributed by atoms with Gasteiger partial charge >= 0.3 is 15.2 Å². The maximum Gasteiger partial charge on any atom is 0.349 e. The van der Waals surface area contributed by atoms with Gasteiger partial charge < -0.3 is 18.1 Å². The molecule has 0 amide bonds. The molecule has 1 aliphatic carbocycles. The maximum absolute atomic E-state index is 13.7. The second-order valence-corrected chi connectivity index (χ2v) is 11.0. The summed E-state index contributed by atoms with van der Waals surface area (Å²) in [6, 6.07) is 0. The van der Waals surface area contributed by atoms with E-state index >= 15 is 0 Å². The van der Waals surface area contributed by atoms with Gasteiger partial charge in [-0.3, -0.25) is 9.13 Å². The van der Waals surface area contributed by atoms with E-state index in [9.17, 15) is 9.13 Å². The van der Waals surface area contributed by atoms with Crippen LogP contribution < -0.4 is 0 Å². The Labute approximate surface area is 146 Å². The Morgan fingerprint density at radius 1 is 0.792 bits per heavy atom. The number of rotatable bonds is 10. The van der Waals surface area contributed by atoms with Crippen molar-refractivity contribution in [2.75, 3.05) is 26.4 Å². The van der Waals surface area contributed by atoms with Crippen LogP contribution in [0.1, 0.15) is 60.8 Å². The van der Waals surface area contributed by atoms with Crippen LogP contribution in [-0.2, 0) is 27.2 Å². The zero-order chi connectivity index (χ0) is 18.4. The van der Waals surface area contributed by atoms with Crippen LogP contribution in [0.4, 0.5) is 0 Å². The molecule has 0 bridgehead atoms. The molecule has 0 fully saturated rings. The van der Waals surface area contributed by atoms with Crippen molar-refractivity contribution >= 4 is 15.2 Å². The Kier molecular flexibility index (Phi) is 8.39. The van der Waals surface area contributed by atoms with Gasteiger partial charge in [-0.2, -0.15) is 0 Å². The van der Waals surface area contributed by atoms with E-state index in [0.29, 0.717) is 19.3 Å². The summed E-state index contributed by atoms with van der Waals surface area (Å²) >= 11 is 0. The standard InChI is InChI=1S/C16H32O6P2/c1-7-19-23(17,20-8-2)16(12-11-14(5)15(6)13-16)24(18,21-9-3)22-10-4/h7-13H2,1-6H3. The van der Waals surface area contributed by atoms with Gasteiger partial charge in [0.15, 0.2) is 4.90 Å². The fourth-order valence-corrected chi connectivity index (χ4v) is 9.11. The van der Waals surface area contributed by atoms with Crippen molar-refractivity contribution < 1.29 is 27.2 Å². The van der Waals surface area contributed by atoms with E-state index in [4.69, 9.17) is 18.1 Å². The quantitative estimate of drug-likeness (QED) is 0.355. The lowest BCUT2D eigenvalue weighted by molar-refractivity contribution is 0.172. The molecule has 0 radical (unpaired) electrons. The van der Waals surface area contributed by atoms with Gasteiger partial charge in [0.1, 0.15) is 0 Å². The first-order valence-electron chi connectivity index (χ1n) is 8.69. The zero-order valence-corrected chi connectivity index (χ0v) is 17.6. The van der Waals surface area contributed by atoms with Gasteiger partial charge in [0.05, 0.1) is 26.4 Å². The van der Waals surface area contributed by atoms with Crippen molar-refractivity contribution in [3.63, 3.8) is 0 Å². The molecule has 0 aliphatic heterocycles. The van der Waals surface area contributed by atoms with Gasteiger partial charge in [-0.25, -0.2) is 0 Å². The molecule has 0 spiro atoms. The molecule has 6 nitrogen and oxygen atoms in total.